The lowest BCUT2D eigenvalue weighted by atomic mass is 9.79. The van der Waals surface area contributed by atoms with E-state index in [1.54, 1.807) is 6.07 Å². The molecule has 1 aliphatic carbocycles. The third-order valence-electron chi connectivity index (χ3n) is 6.50. The molecule has 2 fully saturated rings. The highest BCUT2D eigenvalue weighted by molar-refractivity contribution is 6.31. The molecule has 2 aliphatic rings. The van der Waals surface area contributed by atoms with Crippen LogP contribution in [-0.2, 0) is 4.74 Å². The van der Waals surface area contributed by atoms with Crippen molar-refractivity contribution in [1.29, 1.82) is 0 Å². The summed E-state index contributed by atoms with van der Waals surface area (Å²) in [4.78, 5) is 13.6. The second-order valence-electron chi connectivity index (χ2n) is 8.43. The zero-order valence-corrected chi connectivity index (χ0v) is 17.9. The number of benzene rings is 1. The number of hydrogen-bond donors (Lipinski definition) is 1. The molecular formula is C21H32ClN3O3. The van der Waals surface area contributed by atoms with Gasteiger partial charge in [0.1, 0.15) is 5.69 Å². The van der Waals surface area contributed by atoms with Crippen molar-refractivity contribution in [2.75, 3.05) is 25.0 Å². The van der Waals surface area contributed by atoms with Crippen molar-refractivity contribution in [2.24, 2.45) is 0 Å². The van der Waals surface area contributed by atoms with Gasteiger partial charge < -0.3 is 10.1 Å². The number of anilines is 1. The van der Waals surface area contributed by atoms with Crippen LogP contribution in [0.15, 0.2) is 12.1 Å². The monoisotopic (exact) mass is 409 g/mol. The summed E-state index contributed by atoms with van der Waals surface area (Å²) in [6.45, 7) is 9.17. The van der Waals surface area contributed by atoms with Gasteiger partial charge >= 0.3 is 0 Å². The second kappa shape index (κ2) is 8.97. The lowest BCUT2D eigenvalue weighted by Crippen LogP contribution is -2.53. The Hall–Kier alpha value is -1.37. The first-order valence-corrected chi connectivity index (χ1v) is 10.8. The van der Waals surface area contributed by atoms with Crippen LogP contribution in [0.4, 0.5) is 11.4 Å². The number of piperidine rings is 1. The zero-order chi connectivity index (χ0) is 20.3. The molecule has 1 N–H and O–H groups in total. The van der Waals surface area contributed by atoms with Crippen LogP contribution in [0.5, 0.6) is 0 Å². The van der Waals surface area contributed by atoms with Gasteiger partial charge in [-0.3, -0.25) is 15.0 Å². The molecule has 1 saturated carbocycles. The van der Waals surface area contributed by atoms with E-state index in [4.69, 9.17) is 16.3 Å². The summed E-state index contributed by atoms with van der Waals surface area (Å²) in [5, 5.41) is 15.2. The predicted octanol–water partition coefficient (Wildman–Crippen LogP) is 5.17. The number of nitrogens with one attached hydrogen (secondary N) is 1. The Morgan fingerprint density at radius 2 is 1.93 bits per heavy atom. The van der Waals surface area contributed by atoms with E-state index in [1.807, 2.05) is 6.92 Å². The average Bonchev–Trinajstić information content (AvgIpc) is 2.67. The summed E-state index contributed by atoms with van der Waals surface area (Å²) >= 11 is 6.08. The van der Waals surface area contributed by atoms with E-state index in [0.29, 0.717) is 16.8 Å². The maximum atomic E-state index is 11.4. The first kappa shape index (κ1) is 21.3. The van der Waals surface area contributed by atoms with Crippen molar-refractivity contribution in [2.45, 2.75) is 77.0 Å². The molecule has 1 aromatic carbocycles. The number of nitrogens with zero attached hydrogens (tertiary/aromatic N) is 2. The summed E-state index contributed by atoms with van der Waals surface area (Å²) in [5.74, 6) is 0. The third kappa shape index (κ3) is 4.78. The van der Waals surface area contributed by atoms with Crippen molar-refractivity contribution in [3.8, 4) is 0 Å². The van der Waals surface area contributed by atoms with Crippen molar-refractivity contribution in [3.63, 3.8) is 0 Å². The lowest BCUT2D eigenvalue weighted by Gasteiger charge is -2.48. The highest BCUT2D eigenvalue weighted by Gasteiger charge is 2.38. The van der Waals surface area contributed by atoms with Crippen LogP contribution in [0.2, 0.25) is 5.02 Å². The maximum absolute atomic E-state index is 11.4. The normalized spacial score (nSPS) is 26.9. The van der Waals surface area contributed by atoms with Crippen LogP contribution >= 0.6 is 11.6 Å². The van der Waals surface area contributed by atoms with Crippen LogP contribution in [0.1, 0.15) is 57.9 Å². The van der Waals surface area contributed by atoms with Gasteiger partial charge in [0.15, 0.2) is 0 Å². The van der Waals surface area contributed by atoms with Gasteiger partial charge in [-0.05, 0) is 70.9 Å². The number of hydrogen-bond acceptors (Lipinski definition) is 5. The fraction of sp³-hybridized carbons (Fsp3) is 0.714. The molecule has 1 heterocycles. The van der Waals surface area contributed by atoms with Gasteiger partial charge in [0.25, 0.3) is 5.69 Å². The summed E-state index contributed by atoms with van der Waals surface area (Å²) in [5.41, 5.74) is 1.74. The van der Waals surface area contributed by atoms with Gasteiger partial charge in [-0.15, -0.1) is 0 Å². The quantitative estimate of drug-likeness (QED) is 0.518. The van der Waals surface area contributed by atoms with Crippen molar-refractivity contribution in [3.05, 3.63) is 32.8 Å². The number of ether oxygens (including phenoxy) is 1. The highest BCUT2D eigenvalue weighted by Crippen LogP contribution is 2.37. The number of likely N-dealkylation sites (tertiary alicyclic amines) is 1. The average molecular weight is 410 g/mol. The van der Waals surface area contributed by atoms with E-state index < -0.39 is 0 Å². The standard InChI is InChI=1S/C21H32ClN3O3/c1-4-28-17-5-9-21(3,10-6-17)24-11-7-16(8-12-24)23-19-13-15(2)18(22)14-20(19)25(26)27/h13-14,16-17,23H,4-12H2,1-3H3/t17-,21-. The molecule has 1 saturated heterocycles. The molecule has 0 amide bonds. The number of nitro benzene ring substituents is 1. The van der Waals surface area contributed by atoms with E-state index >= 15 is 0 Å². The Bertz CT molecular complexity index is 696. The summed E-state index contributed by atoms with van der Waals surface area (Å²) < 4.78 is 5.80. The maximum Gasteiger partial charge on any atom is 0.293 e. The smallest absolute Gasteiger partial charge is 0.293 e. The summed E-state index contributed by atoms with van der Waals surface area (Å²) in [7, 11) is 0. The van der Waals surface area contributed by atoms with Gasteiger partial charge in [0.2, 0.25) is 0 Å². The molecule has 0 atom stereocenters. The minimum Gasteiger partial charge on any atom is -0.379 e. The lowest BCUT2D eigenvalue weighted by molar-refractivity contribution is -0.384. The molecule has 156 valence electrons. The molecule has 28 heavy (non-hydrogen) atoms. The number of rotatable bonds is 6. The first-order valence-electron chi connectivity index (χ1n) is 10.4. The van der Waals surface area contributed by atoms with Gasteiger partial charge in [0.05, 0.1) is 16.0 Å². The van der Waals surface area contributed by atoms with E-state index in [0.717, 1.165) is 50.9 Å². The molecule has 1 aliphatic heterocycles. The minimum absolute atomic E-state index is 0.0548. The number of halogens is 1. The van der Waals surface area contributed by atoms with Crippen LogP contribution in [0.25, 0.3) is 0 Å². The SMILES string of the molecule is CCO[C@H]1CC[C@](C)(N2CCC(Nc3cc(C)c(Cl)cc3[N+](=O)[O-])CC2)CC1. The molecule has 3 rings (SSSR count). The number of aryl methyl sites for hydroxylation is 1. The molecule has 6 nitrogen and oxygen atoms in total. The van der Waals surface area contributed by atoms with Crippen LogP contribution in [0, 0.1) is 17.0 Å². The van der Waals surface area contributed by atoms with Crippen LogP contribution in [-0.4, -0.2) is 47.2 Å². The highest BCUT2D eigenvalue weighted by atomic mass is 35.5. The van der Waals surface area contributed by atoms with Gasteiger partial charge in [-0.25, -0.2) is 0 Å². The van der Waals surface area contributed by atoms with Gasteiger partial charge in [-0.1, -0.05) is 11.6 Å². The largest absolute Gasteiger partial charge is 0.379 e. The van der Waals surface area contributed by atoms with E-state index in [9.17, 15) is 10.1 Å². The molecule has 0 bridgehead atoms. The Labute approximate surface area is 172 Å². The Morgan fingerprint density at radius 3 is 2.50 bits per heavy atom. The molecule has 0 unspecified atom stereocenters. The Morgan fingerprint density at radius 1 is 1.29 bits per heavy atom. The molecule has 0 aromatic heterocycles. The number of nitro groups is 1. The first-order chi connectivity index (χ1) is 13.3. The van der Waals surface area contributed by atoms with Crippen molar-refractivity contribution >= 4 is 23.0 Å². The van der Waals surface area contributed by atoms with E-state index in [-0.39, 0.29) is 22.2 Å². The van der Waals surface area contributed by atoms with Crippen molar-refractivity contribution in [1.82, 2.24) is 4.90 Å². The topological polar surface area (TPSA) is 67.6 Å². The molecule has 0 spiro atoms. The molecular weight excluding hydrogens is 378 g/mol. The Balaban J connectivity index is 1.58. The molecule has 0 radical (unpaired) electrons. The fourth-order valence-electron chi connectivity index (χ4n) is 4.65. The molecule has 1 aromatic rings. The molecule has 7 heteroatoms. The van der Waals surface area contributed by atoms with E-state index in [1.165, 1.54) is 18.9 Å². The van der Waals surface area contributed by atoms with Crippen LogP contribution < -0.4 is 5.32 Å². The fourth-order valence-corrected chi connectivity index (χ4v) is 4.81. The van der Waals surface area contributed by atoms with Gasteiger partial charge in [-0.2, -0.15) is 0 Å². The van der Waals surface area contributed by atoms with Crippen LogP contribution in [0.3, 0.4) is 0 Å². The van der Waals surface area contributed by atoms with Crippen molar-refractivity contribution < 1.29 is 9.66 Å². The summed E-state index contributed by atoms with van der Waals surface area (Å²) in [6, 6.07) is 3.49. The minimum atomic E-state index is -0.360. The van der Waals surface area contributed by atoms with Gasteiger partial charge in [0, 0.05) is 37.3 Å². The predicted molar refractivity (Wildman–Crippen MR) is 113 cm³/mol. The Kier molecular flexibility index (Phi) is 6.84. The zero-order valence-electron chi connectivity index (χ0n) is 17.2. The van der Waals surface area contributed by atoms with E-state index in [2.05, 4.69) is 24.1 Å². The second-order valence-corrected chi connectivity index (χ2v) is 8.84. The summed E-state index contributed by atoms with van der Waals surface area (Å²) in [6.07, 6.45) is 7.03. The third-order valence-corrected chi connectivity index (χ3v) is 6.91.